The predicted octanol–water partition coefficient (Wildman–Crippen LogP) is 8.03. The Labute approximate surface area is 177 Å². The highest BCUT2D eigenvalue weighted by Crippen LogP contribution is 2.14. The first-order valence-corrected chi connectivity index (χ1v) is 15.6. The summed E-state index contributed by atoms with van der Waals surface area (Å²) in [6.07, 6.45) is 23.4. The molecular weight excluding hydrogens is 364 g/mol. The van der Waals surface area contributed by atoms with Gasteiger partial charge >= 0.3 is 5.97 Å². The monoisotopic (exact) mass is 414 g/mol. The van der Waals surface area contributed by atoms with E-state index in [1.54, 1.807) is 0 Å². The lowest BCUT2D eigenvalue weighted by molar-refractivity contribution is -0.140. The van der Waals surface area contributed by atoms with Gasteiger partial charge in [0.25, 0.3) is 0 Å². The lowest BCUT2D eigenvalue weighted by atomic mass is 10.0. The molecule has 168 valence electrons. The van der Waals surface area contributed by atoms with Crippen LogP contribution in [0.1, 0.15) is 116 Å². The SMILES string of the molecule is COC(=O)CCCCCCCCCCCCCCCCCCCO[Si](C)(C)C. The quantitative estimate of drug-likeness (QED) is 0.108. The molecule has 0 fully saturated rings. The van der Waals surface area contributed by atoms with Crippen LogP contribution in [-0.4, -0.2) is 28.0 Å². The highest BCUT2D eigenvalue weighted by Gasteiger charge is 2.12. The standard InChI is InChI=1S/C24H50O3Si/c1-26-24(25)22-20-18-16-14-12-10-8-6-5-7-9-11-13-15-17-19-21-23-27-28(2,3)4/h5-23H2,1-4H3. The van der Waals surface area contributed by atoms with Crippen molar-refractivity contribution in [3.63, 3.8) is 0 Å². The number of carbonyl (C=O) groups excluding carboxylic acids is 1. The van der Waals surface area contributed by atoms with Crippen LogP contribution >= 0.6 is 0 Å². The minimum absolute atomic E-state index is 0.0667. The summed E-state index contributed by atoms with van der Waals surface area (Å²) in [5.74, 6) is -0.0667. The summed E-state index contributed by atoms with van der Waals surface area (Å²) in [5, 5.41) is 0. The molecule has 0 spiro atoms. The first-order chi connectivity index (χ1) is 13.5. The number of rotatable bonds is 21. The van der Waals surface area contributed by atoms with Crippen molar-refractivity contribution in [3.05, 3.63) is 0 Å². The molecule has 0 saturated carbocycles. The fourth-order valence-corrected chi connectivity index (χ4v) is 4.26. The van der Waals surface area contributed by atoms with Gasteiger partial charge in [-0.05, 0) is 32.5 Å². The molecule has 0 heterocycles. The maximum atomic E-state index is 11.0. The first kappa shape index (κ1) is 27.6. The van der Waals surface area contributed by atoms with Crippen molar-refractivity contribution in [2.45, 2.75) is 135 Å². The van der Waals surface area contributed by atoms with Gasteiger partial charge in [0.2, 0.25) is 0 Å². The molecule has 0 radical (unpaired) electrons. The molecule has 4 heteroatoms. The molecule has 0 bridgehead atoms. The van der Waals surface area contributed by atoms with E-state index in [2.05, 4.69) is 24.4 Å². The zero-order chi connectivity index (χ0) is 20.9. The average Bonchev–Trinajstić information content (AvgIpc) is 2.65. The third-order valence-electron chi connectivity index (χ3n) is 5.29. The Kier molecular flexibility index (Phi) is 19.7. The molecule has 0 saturated heterocycles. The summed E-state index contributed by atoms with van der Waals surface area (Å²) in [6, 6.07) is 0. The minimum Gasteiger partial charge on any atom is -0.469 e. The molecular formula is C24H50O3Si. The minimum atomic E-state index is -1.29. The smallest absolute Gasteiger partial charge is 0.305 e. The second kappa shape index (κ2) is 19.9. The van der Waals surface area contributed by atoms with E-state index in [1.165, 1.54) is 110 Å². The number of esters is 1. The summed E-state index contributed by atoms with van der Waals surface area (Å²) in [5.41, 5.74) is 0. The van der Waals surface area contributed by atoms with E-state index in [4.69, 9.17) is 4.43 Å². The molecule has 0 aliphatic heterocycles. The Morgan fingerprint density at radius 3 is 1.21 bits per heavy atom. The van der Waals surface area contributed by atoms with Gasteiger partial charge in [-0.3, -0.25) is 4.79 Å². The van der Waals surface area contributed by atoms with Crippen molar-refractivity contribution in [1.82, 2.24) is 0 Å². The number of hydrogen-bond acceptors (Lipinski definition) is 3. The van der Waals surface area contributed by atoms with Gasteiger partial charge in [-0.2, -0.15) is 0 Å². The van der Waals surface area contributed by atoms with E-state index in [-0.39, 0.29) is 5.97 Å². The van der Waals surface area contributed by atoms with Gasteiger partial charge in [0, 0.05) is 13.0 Å². The summed E-state index contributed by atoms with van der Waals surface area (Å²) in [6.45, 7) is 7.78. The van der Waals surface area contributed by atoms with Crippen LogP contribution in [0.5, 0.6) is 0 Å². The van der Waals surface area contributed by atoms with Gasteiger partial charge in [0.1, 0.15) is 0 Å². The van der Waals surface area contributed by atoms with Crippen molar-refractivity contribution in [2.24, 2.45) is 0 Å². The van der Waals surface area contributed by atoms with Crippen LogP contribution in [-0.2, 0) is 14.0 Å². The molecule has 0 atom stereocenters. The fraction of sp³-hybridized carbons (Fsp3) is 0.958. The lowest BCUT2D eigenvalue weighted by Gasteiger charge is -2.16. The van der Waals surface area contributed by atoms with E-state index in [0.717, 1.165) is 13.0 Å². The zero-order valence-electron chi connectivity index (χ0n) is 19.7. The lowest BCUT2D eigenvalue weighted by Crippen LogP contribution is -2.25. The summed E-state index contributed by atoms with van der Waals surface area (Å²) in [4.78, 5) is 11.0. The molecule has 0 unspecified atom stereocenters. The van der Waals surface area contributed by atoms with Gasteiger partial charge in [-0.1, -0.05) is 96.3 Å². The van der Waals surface area contributed by atoms with Crippen molar-refractivity contribution in [3.8, 4) is 0 Å². The molecule has 0 aliphatic carbocycles. The van der Waals surface area contributed by atoms with Crippen LogP contribution in [0.15, 0.2) is 0 Å². The van der Waals surface area contributed by atoms with E-state index in [1.807, 2.05) is 0 Å². The normalized spacial score (nSPS) is 11.7. The Balaban J connectivity index is 3.06. The van der Waals surface area contributed by atoms with Crippen LogP contribution in [0, 0.1) is 0 Å². The Morgan fingerprint density at radius 2 is 0.893 bits per heavy atom. The van der Waals surface area contributed by atoms with Gasteiger partial charge < -0.3 is 9.16 Å². The maximum Gasteiger partial charge on any atom is 0.305 e. The van der Waals surface area contributed by atoms with E-state index < -0.39 is 8.32 Å². The number of ether oxygens (including phenoxy) is 1. The van der Waals surface area contributed by atoms with E-state index >= 15 is 0 Å². The van der Waals surface area contributed by atoms with Crippen molar-refractivity contribution >= 4 is 14.3 Å². The van der Waals surface area contributed by atoms with Gasteiger partial charge in [-0.15, -0.1) is 0 Å². The van der Waals surface area contributed by atoms with E-state index in [9.17, 15) is 4.79 Å². The van der Waals surface area contributed by atoms with Crippen LogP contribution in [0.3, 0.4) is 0 Å². The van der Waals surface area contributed by atoms with E-state index in [0.29, 0.717) is 6.42 Å². The Hall–Kier alpha value is -0.353. The molecule has 3 nitrogen and oxygen atoms in total. The summed E-state index contributed by atoms with van der Waals surface area (Å²) in [7, 11) is 0.180. The van der Waals surface area contributed by atoms with Crippen LogP contribution in [0.2, 0.25) is 19.6 Å². The first-order valence-electron chi connectivity index (χ1n) is 12.2. The van der Waals surface area contributed by atoms with Crippen LogP contribution in [0.4, 0.5) is 0 Å². The van der Waals surface area contributed by atoms with Gasteiger partial charge in [0.05, 0.1) is 7.11 Å². The molecule has 0 aromatic rings. The highest BCUT2D eigenvalue weighted by atomic mass is 28.4. The second-order valence-electron chi connectivity index (χ2n) is 9.30. The van der Waals surface area contributed by atoms with Gasteiger partial charge in [0.15, 0.2) is 8.32 Å². The number of unbranched alkanes of at least 4 members (excludes halogenated alkanes) is 16. The zero-order valence-corrected chi connectivity index (χ0v) is 20.7. The number of hydrogen-bond donors (Lipinski definition) is 0. The van der Waals surface area contributed by atoms with Gasteiger partial charge in [-0.25, -0.2) is 0 Å². The largest absolute Gasteiger partial charge is 0.469 e. The van der Waals surface area contributed by atoms with Crippen LogP contribution in [0.25, 0.3) is 0 Å². The second-order valence-corrected chi connectivity index (χ2v) is 13.8. The molecule has 0 amide bonds. The molecule has 0 rings (SSSR count). The molecule has 0 aromatic carbocycles. The summed E-state index contributed by atoms with van der Waals surface area (Å²) >= 11 is 0. The average molecular weight is 415 g/mol. The third kappa shape index (κ3) is 23.7. The number of methoxy groups -OCH3 is 1. The van der Waals surface area contributed by atoms with Crippen LogP contribution < -0.4 is 0 Å². The molecule has 28 heavy (non-hydrogen) atoms. The third-order valence-corrected chi connectivity index (χ3v) is 6.36. The topological polar surface area (TPSA) is 35.5 Å². The molecule has 0 aromatic heterocycles. The predicted molar refractivity (Wildman–Crippen MR) is 124 cm³/mol. The maximum absolute atomic E-state index is 11.0. The summed E-state index contributed by atoms with van der Waals surface area (Å²) < 4.78 is 10.5. The molecule has 0 aliphatic rings. The number of carbonyl (C=O) groups is 1. The van der Waals surface area contributed by atoms with Crippen molar-refractivity contribution < 1.29 is 14.0 Å². The van der Waals surface area contributed by atoms with Crippen molar-refractivity contribution in [1.29, 1.82) is 0 Å². The molecule has 0 N–H and O–H groups in total. The fourth-order valence-electron chi connectivity index (χ4n) is 3.50. The van der Waals surface area contributed by atoms with Crippen molar-refractivity contribution in [2.75, 3.05) is 13.7 Å². The Morgan fingerprint density at radius 1 is 0.571 bits per heavy atom. The highest BCUT2D eigenvalue weighted by molar-refractivity contribution is 6.69. The Bertz CT molecular complexity index is 339.